The van der Waals surface area contributed by atoms with Gasteiger partial charge in [-0.25, -0.2) is 4.57 Å². The van der Waals surface area contributed by atoms with Crippen molar-refractivity contribution in [1.29, 1.82) is 0 Å². The molecule has 0 aromatic carbocycles. The van der Waals surface area contributed by atoms with Gasteiger partial charge in [0.25, 0.3) is 0 Å². The minimum atomic E-state index is -4.69. The summed E-state index contributed by atoms with van der Waals surface area (Å²) >= 11 is 0. The molecule has 1 rings (SSSR count). The van der Waals surface area contributed by atoms with Crippen LogP contribution in [0.5, 0.6) is 0 Å². The molecule has 13 nitrogen and oxygen atoms in total. The van der Waals surface area contributed by atoms with Gasteiger partial charge < -0.3 is 34.8 Å². The average Bonchev–Trinajstić information content (AvgIpc) is 3.47. The summed E-state index contributed by atoms with van der Waals surface area (Å²) in [5, 5.41) is 39.1. The molecule has 1 aliphatic rings. The van der Waals surface area contributed by atoms with Crippen LogP contribution in [0.4, 0.5) is 0 Å². The lowest BCUT2D eigenvalue weighted by molar-refractivity contribution is -0.161. The molecule has 0 aliphatic heterocycles. The molecule has 0 radical (unpaired) electrons. The molecule has 0 aromatic rings. The first-order valence-corrected chi connectivity index (χ1v) is 23.6. The predicted octanol–water partition coefficient (Wildman–Crippen LogP) is 8.15. The van der Waals surface area contributed by atoms with Crippen LogP contribution in [-0.4, -0.2) is 93.9 Å². The van der Waals surface area contributed by atoms with Crippen LogP contribution in [0, 0.1) is 11.8 Å². The number of unbranched alkanes of at least 4 members (excludes halogenated alkanes) is 14. The fraction of sp³-hybridized carbons (Fsp3) is 0.795. The van der Waals surface area contributed by atoms with Gasteiger partial charge in [0, 0.05) is 25.2 Å². The van der Waals surface area contributed by atoms with Crippen molar-refractivity contribution in [3.05, 3.63) is 36.5 Å². The Bertz CT molecular complexity index is 1220. The quantitative estimate of drug-likeness (QED) is 0.0132. The van der Waals surface area contributed by atoms with Crippen LogP contribution >= 0.6 is 7.82 Å². The highest BCUT2D eigenvalue weighted by Crippen LogP contribution is 2.43. The van der Waals surface area contributed by atoms with Crippen molar-refractivity contribution < 1.29 is 62.8 Å². The Hall–Kier alpha value is -2.22. The average molecular weight is 845 g/mol. The second-order valence-corrected chi connectivity index (χ2v) is 17.0. The third-order valence-electron chi connectivity index (χ3n) is 10.2. The van der Waals surface area contributed by atoms with Crippen molar-refractivity contribution in [2.75, 3.05) is 26.4 Å². The van der Waals surface area contributed by atoms with Gasteiger partial charge in [-0.15, -0.1) is 0 Å². The third kappa shape index (κ3) is 28.3. The summed E-state index contributed by atoms with van der Waals surface area (Å²) in [5.74, 6) is -1.75. The summed E-state index contributed by atoms with van der Waals surface area (Å²) in [5.41, 5.74) is 0. The standard InChI is InChI=1S/C44H77O13P/c1-3-5-7-8-9-10-11-12-13-14-15-16-17-18-23-27-43(50)54-34-38(35-56-58(52,53)55-33-37(47)32-45)57-44(51)28-24-20-19-22-26-39-40(42(49)31-41(39)48)30-29-36(46)25-21-6-4-2/h10-13,29-30,36-41,45-48H,3-9,14-28,31-35H2,1-2H3,(H,52,53)/b11-10-,13-12-,30-29+/t36-,37-,38+,39+,40+,41-/m0/s1. The van der Waals surface area contributed by atoms with E-state index in [1.807, 2.05) is 0 Å². The highest BCUT2D eigenvalue weighted by atomic mass is 31.2. The second-order valence-electron chi connectivity index (χ2n) is 15.5. The Morgan fingerprint density at radius 1 is 0.776 bits per heavy atom. The van der Waals surface area contributed by atoms with E-state index in [0.29, 0.717) is 32.1 Å². The van der Waals surface area contributed by atoms with Crippen molar-refractivity contribution >= 4 is 25.5 Å². The van der Waals surface area contributed by atoms with Gasteiger partial charge in [0.15, 0.2) is 6.10 Å². The molecule has 1 aliphatic carbocycles. The van der Waals surface area contributed by atoms with Crippen LogP contribution in [-0.2, 0) is 37.5 Å². The Balaban J connectivity index is 2.46. The molecule has 0 bridgehead atoms. The molecule has 0 spiro atoms. The number of hydrogen-bond acceptors (Lipinski definition) is 12. The van der Waals surface area contributed by atoms with Gasteiger partial charge >= 0.3 is 19.8 Å². The molecular weight excluding hydrogens is 767 g/mol. The number of Topliss-reactive ketones (excluding diaryl/α,β-unsaturated/α-hetero) is 1. The lowest BCUT2D eigenvalue weighted by Crippen LogP contribution is -2.29. The number of phosphoric ester groups is 1. The van der Waals surface area contributed by atoms with Crippen molar-refractivity contribution in [2.45, 2.75) is 186 Å². The normalized spacial score (nSPS) is 19.9. The smallest absolute Gasteiger partial charge is 0.462 e. The number of hydrogen-bond donors (Lipinski definition) is 5. The molecule has 0 aromatic heterocycles. The Morgan fingerprint density at radius 2 is 1.34 bits per heavy atom. The molecule has 1 saturated carbocycles. The van der Waals surface area contributed by atoms with Crippen LogP contribution in [0.2, 0.25) is 0 Å². The van der Waals surface area contributed by atoms with E-state index in [2.05, 4.69) is 42.7 Å². The summed E-state index contributed by atoms with van der Waals surface area (Å²) in [7, 11) is -4.69. The molecule has 0 amide bonds. The first-order valence-electron chi connectivity index (χ1n) is 22.1. The van der Waals surface area contributed by atoms with Crippen molar-refractivity contribution in [3.63, 3.8) is 0 Å². The van der Waals surface area contributed by atoms with Crippen LogP contribution in [0.1, 0.15) is 162 Å². The van der Waals surface area contributed by atoms with Gasteiger partial charge in [-0.1, -0.05) is 127 Å². The Kier molecular flexibility index (Phi) is 32.0. The van der Waals surface area contributed by atoms with Gasteiger partial charge in [0.1, 0.15) is 18.5 Å². The molecule has 14 heteroatoms. The van der Waals surface area contributed by atoms with Gasteiger partial charge in [0.05, 0.1) is 32.0 Å². The highest BCUT2D eigenvalue weighted by molar-refractivity contribution is 7.47. The fourth-order valence-electron chi connectivity index (χ4n) is 6.71. The molecule has 7 atom stereocenters. The number of carbonyl (C=O) groups excluding carboxylic acids is 3. The number of rotatable bonds is 37. The Labute approximate surface area is 348 Å². The Morgan fingerprint density at radius 3 is 2.00 bits per heavy atom. The summed E-state index contributed by atoms with van der Waals surface area (Å²) in [6.07, 6.45) is 27.3. The van der Waals surface area contributed by atoms with Gasteiger partial charge in [-0.3, -0.25) is 23.4 Å². The molecule has 1 unspecified atom stereocenters. The van der Waals surface area contributed by atoms with Crippen molar-refractivity contribution in [3.8, 4) is 0 Å². The second kappa shape index (κ2) is 34.5. The van der Waals surface area contributed by atoms with E-state index in [0.717, 1.165) is 70.6 Å². The maximum absolute atomic E-state index is 12.7. The van der Waals surface area contributed by atoms with E-state index in [-0.39, 0.29) is 31.0 Å². The molecule has 0 saturated heterocycles. The van der Waals surface area contributed by atoms with Crippen LogP contribution in [0.3, 0.4) is 0 Å². The van der Waals surface area contributed by atoms with E-state index in [1.165, 1.54) is 25.7 Å². The van der Waals surface area contributed by atoms with Gasteiger partial charge in [0.2, 0.25) is 0 Å². The maximum Gasteiger partial charge on any atom is 0.472 e. The zero-order valence-corrected chi connectivity index (χ0v) is 36.4. The predicted molar refractivity (Wildman–Crippen MR) is 225 cm³/mol. The number of carbonyl (C=O) groups is 3. The third-order valence-corrected chi connectivity index (χ3v) is 11.2. The zero-order chi connectivity index (χ0) is 42.9. The van der Waals surface area contributed by atoms with Crippen molar-refractivity contribution in [2.24, 2.45) is 11.8 Å². The number of esters is 2. The minimum Gasteiger partial charge on any atom is -0.462 e. The largest absolute Gasteiger partial charge is 0.472 e. The minimum absolute atomic E-state index is 0.0188. The van der Waals surface area contributed by atoms with Gasteiger partial charge in [-0.05, 0) is 57.3 Å². The van der Waals surface area contributed by atoms with E-state index in [9.17, 15) is 39.2 Å². The molecule has 1 fully saturated rings. The lowest BCUT2D eigenvalue weighted by atomic mass is 9.88. The SMILES string of the molecule is CCCCCC/C=C\C=C/CCCCCCCC(=O)OC[C@H](COP(=O)(O)OC[C@@H](O)CO)OC(=O)CCCCCC[C@H]1[C@@H](O)CC(=O)[C@@H]1/C=C/[C@@H](O)CCCCC. The number of ether oxygens (including phenoxy) is 2. The summed E-state index contributed by atoms with van der Waals surface area (Å²) in [6.45, 7) is 1.96. The summed E-state index contributed by atoms with van der Waals surface area (Å²) < 4.78 is 32.7. The number of aliphatic hydroxyl groups excluding tert-OH is 4. The molecule has 0 heterocycles. The maximum atomic E-state index is 12.7. The molecule has 58 heavy (non-hydrogen) atoms. The van der Waals surface area contributed by atoms with E-state index >= 15 is 0 Å². The number of phosphoric acid groups is 1. The first-order chi connectivity index (χ1) is 27.9. The van der Waals surface area contributed by atoms with E-state index in [4.69, 9.17) is 19.1 Å². The number of aliphatic hydroxyl groups is 4. The molecule has 336 valence electrons. The van der Waals surface area contributed by atoms with E-state index < -0.39 is 76.5 Å². The monoisotopic (exact) mass is 845 g/mol. The molecule has 5 N–H and O–H groups in total. The van der Waals surface area contributed by atoms with Gasteiger partial charge in [-0.2, -0.15) is 0 Å². The highest BCUT2D eigenvalue weighted by Gasteiger charge is 2.39. The molecular formula is C44H77O13P. The number of allylic oxidation sites excluding steroid dienone is 5. The van der Waals surface area contributed by atoms with E-state index in [1.54, 1.807) is 12.2 Å². The lowest BCUT2D eigenvalue weighted by Gasteiger charge is -2.20. The van der Waals surface area contributed by atoms with Crippen LogP contribution < -0.4 is 0 Å². The zero-order valence-electron chi connectivity index (χ0n) is 35.5. The first kappa shape index (κ1) is 53.8. The van der Waals surface area contributed by atoms with Crippen LogP contribution in [0.25, 0.3) is 0 Å². The van der Waals surface area contributed by atoms with Crippen molar-refractivity contribution in [1.82, 2.24) is 0 Å². The summed E-state index contributed by atoms with van der Waals surface area (Å²) in [4.78, 5) is 47.7. The van der Waals surface area contributed by atoms with Crippen LogP contribution in [0.15, 0.2) is 36.5 Å². The fourth-order valence-corrected chi connectivity index (χ4v) is 7.50. The number of ketones is 1. The topological polar surface area (TPSA) is 206 Å². The summed E-state index contributed by atoms with van der Waals surface area (Å²) in [6, 6.07) is 0.